The zero-order chi connectivity index (χ0) is 29.6. The molecule has 6 rings (SSSR count). The van der Waals surface area contributed by atoms with E-state index >= 15 is 0 Å². The van der Waals surface area contributed by atoms with Gasteiger partial charge < -0.3 is 21.3 Å². The minimum Gasteiger partial charge on any atom is -0.384 e. The summed E-state index contributed by atoms with van der Waals surface area (Å²) in [5.74, 6) is 0.129. The van der Waals surface area contributed by atoms with Crippen LogP contribution in [0.4, 0.5) is 24.7 Å². The quantitative estimate of drug-likeness (QED) is 0.314. The lowest BCUT2D eigenvalue weighted by atomic mass is 10.0. The molecule has 0 spiro atoms. The Morgan fingerprint density at radius 3 is 2.33 bits per heavy atom. The second kappa shape index (κ2) is 10.5. The highest BCUT2D eigenvalue weighted by Crippen LogP contribution is 2.39. The van der Waals surface area contributed by atoms with Crippen LogP contribution in [0, 0.1) is 0 Å². The van der Waals surface area contributed by atoms with Gasteiger partial charge in [0.25, 0.3) is 5.56 Å². The van der Waals surface area contributed by atoms with Gasteiger partial charge in [-0.2, -0.15) is 13.2 Å². The predicted molar refractivity (Wildman–Crippen MR) is 155 cm³/mol. The number of anilines is 2. The molecule has 1 aliphatic heterocycles. The molecule has 2 aromatic carbocycles. The Labute approximate surface area is 237 Å². The molecule has 1 saturated heterocycles. The van der Waals surface area contributed by atoms with Crippen molar-refractivity contribution in [1.82, 2.24) is 19.4 Å². The van der Waals surface area contributed by atoms with E-state index in [0.717, 1.165) is 17.2 Å². The lowest BCUT2D eigenvalue weighted by Crippen LogP contribution is -2.50. The third-order valence-corrected chi connectivity index (χ3v) is 7.53. The zero-order valence-corrected chi connectivity index (χ0v) is 22.3. The molecular weight excluding hydrogens is 547 g/mol. The Morgan fingerprint density at radius 2 is 1.64 bits per heavy atom. The van der Waals surface area contributed by atoms with Crippen molar-refractivity contribution in [3.05, 3.63) is 89.0 Å². The SMILES string of the molecule is NCC(=O)N1CCN(c2ccc(-n3c(=O)ccc4cnc5ccc(-c6ccc(N)nc6)cc5c43)cc2C(F)(F)F)CC1. The van der Waals surface area contributed by atoms with Gasteiger partial charge in [-0.3, -0.25) is 19.1 Å². The maximum absolute atomic E-state index is 14.5. The summed E-state index contributed by atoms with van der Waals surface area (Å²) in [7, 11) is 0. The Balaban J connectivity index is 1.50. The summed E-state index contributed by atoms with van der Waals surface area (Å²) in [4.78, 5) is 37.1. The molecular formula is C30H26F3N7O2. The standard InChI is InChI=1S/C30H26F3N7O2/c31-30(32,33)23-14-21(4-6-25(23)38-9-11-39(12-10-38)28(42)15-34)40-27(41)8-3-20-17-36-24-5-1-18(13-22(24)29(20)40)19-2-7-26(35)37-16-19/h1-8,13-14,16-17H,9-12,15,34H2,(H2,35,37). The number of aromatic nitrogens is 3. The molecule has 9 nitrogen and oxygen atoms in total. The van der Waals surface area contributed by atoms with Gasteiger partial charge in [-0.15, -0.1) is 0 Å². The van der Waals surface area contributed by atoms with Crippen LogP contribution in [0.25, 0.3) is 38.6 Å². The van der Waals surface area contributed by atoms with Gasteiger partial charge in [0.1, 0.15) is 5.82 Å². The average Bonchev–Trinajstić information content (AvgIpc) is 3.00. The van der Waals surface area contributed by atoms with Crippen LogP contribution in [-0.2, 0) is 11.0 Å². The van der Waals surface area contributed by atoms with Gasteiger partial charge in [0.05, 0.1) is 28.8 Å². The van der Waals surface area contributed by atoms with Crippen molar-refractivity contribution in [3.63, 3.8) is 0 Å². The zero-order valence-electron chi connectivity index (χ0n) is 22.3. The van der Waals surface area contributed by atoms with Crippen LogP contribution >= 0.6 is 0 Å². The molecule has 1 amide bonds. The predicted octanol–water partition coefficient (Wildman–Crippen LogP) is 3.81. The topological polar surface area (TPSA) is 123 Å². The number of amides is 1. The molecule has 42 heavy (non-hydrogen) atoms. The van der Waals surface area contributed by atoms with Crippen LogP contribution in [0.1, 0.15) is 5.56 Å². The second-order valence-corrected chi connectivity index (χ2v) is 10.0. The summed E-state index contributed by atoms with van der Waals surface area (Å²) in [6.07, 6.45) is -1.47. The third kappa shape index (κ3) is 4.90. The molecule has 0 aliphatic carbocycles. The number of rotatable bonds is 4. The van der Waals surface area contributed by atoms with Gasteiger partial charge in [-0.1, -0.05) is 6.07 Å². The molecule has 0 atom stereocenters. The number of nitrogens with two attached hydrogens (primary N) is 2. The number of nitrogens with zero attached hydrogens (tertiary/aromatic N) is 5. The Bertz CT molecular complexity index is 1880. The largest absolute Gasteiger partial charge is 0.418 e. The van der Waals surface area contributed by atoms with Crippen LogP contribution in [-0.4, -0.2) is 58.1 Å². The fourth-order valence-corrected chi connectivity index (χ4v) is 5.42. The molecule has 1 fully saturated rings. The molecule has 0 unspecified atom stereocenters. The van der Waals surface area contributed by atoms with Crippen molar-refractivity contribution in [3.8, 4) is 16.8 Å². The van der Waals surface area contributed by atoms with Crippen LogP contribution in [0.3, 0.4) is 0 Å². The summed E-state index contributed by atoms with van der Waals surface area (Å²) < 4.78 is 44.7. The fraction of sp³-hybridized carbons (Fsp3) is 0.200. The first-order valence-electron chi connectivity index (χ1n) is 13.2. The summed E-state index contributed by atoms with van der Waals surface area (Å²) in [6, 6.07) is 15.8. The van der Waals surface area contributed by atoms with Crippen LogP contribution in [0.2, 0.25) is 0 Å². The number of alkyl halides is 3. The summed E-state index contributed by atoms with van der Waals surface area (Å²) in [6.45, 7) is 0.833. The van der Waals surface area contributed by atoms with E-state index in [1.165, 1.54) is 22.8 Å². The summed E-state index contributed by atoms with van der Waals surface area (Å²) in [5, 5.41) is 1.19. The summed E-state index contributed by atoms with van der Waals surface area (Å²) >= 11 is 0. The summed E-state index contributed by atoms with van der Waals surface area (Å²) in [5.41, 5.74) is 12.5. The highest BCUT2D eigenvalue weighted by atomic mass is 19.4. The first kappa shape index (κ1) is 27.2. The van der Waals surface area contributed by atoms with Crippen molar-refractivity contribution >= 4 is 39.2 Å². The van der Waals surface area contributed by atoms with E-state index in [4.69, 9.17) is 11.5 Å². The number of benzene rings is 2. The third-order valence-electron chi connectivity index (χ3n) is 7.53. The molecule has 0 saturated carbocycles. The van der Waals surface area contributed by atoms with Crippen molar-refractivity contribution < 1.29 is 18.0 Å². The minimum atomic E-state index is -4.69. The van der Waals surface area contributed by atoms with E-state index < -0.39 is 17.3 Å². The van der Waals surface area contributed by atoms with Gasteiger partial charge in [-0.05, 0) is 54.1 Å². The molecule has 1 aliphatic rings. The number of hydrogen-bond donors (Lipinski definition) is 2. The van der Waals surface area contributed by atoms with Crippen molar-refractivity contribution in [2.75, 3.05) is 43.4 Å². The normalized spacial score (nSPS) is 14.1. The van der Waals surface area contributed by atoms with Gasteiger partial charge in [-0.25, -0.2) is 4.98 Å². The Kier molecular flexibility index (Phi) is 6.77. The van der Waals surface area contributed by atoms with Crippen molar-refractivity contribution in [2.24, 2.45) is 5.73 Å². The van der Waals surface area contributed by atoms with E-state index in [-0.39, 0.29) is 50.0 Å². The first-order valence-corrected chi connectivity index (χ1v) is 13.2. The lowest BCUT2D eigenvalue weighted by molar-refractivity contribution is -0.137. The minimum absolute atomic E-state index is 0.0101. The van der Waals surface area contributed by atoms with E-state index in [9.17, 15) is 22.8 Å². The van der Waals surface area contributed by atoms with Crippen molar-refractivity contribution in [1.29, 1.82) is 0 Å². The Hall–Kier alpha value is -4.97. The molecule has 4 heterocycles. The monoisotopic (exact) mass is 573 g/mol. The number of carbonyl (C=O) groups is 1. The van der Waals surface area contributed by atoms with Crippen molar-refractivity contribution in [2.45, 2.75) is 6.18 Å². The number of carbonyl (C=O) groups excluding carboxylic acids is 1. The van der Waals surface area contributed by atoms with Crippen LogP contribution in [0.5, 0.6) is 0 Å². The highest BCUT2D eigenvalue weighted by molar-refractivity contribution is 6.05. The molecule has 3 aromatic heterocycles. The lowest BCUT2D eigenvalue weighted by Gasteiger charge is -2.37. The number of halogens is 3. The number of fused-ring (bicyclic) bond motifs is 3. The second-order valence-electron chi connectivity index (χ2n) is 10.0. The molecule has 5 aromatic rings. The highest BCUT2D eigenvalue weighted by Gasteiger charge is 2.36. The maximum Gasteiger partial charge on any atom is 0.418 e. The molecule has 214 valence electrons. The number of piperazine rings is 1. The van der Waals surface area contributed by atoms with Gasteiger partial charge in [0.15, 0.2) is 0 Å². The smallest absolute Gasteiger partial charge is 0.384 e. The van der Waals surface area contributed by atoms with E-state index in [0.29, 0.717) is 27.6 Å². The number of hydrogen-bond acceptors (Lipinski definition) is 7. The average molecular weight is 574 g/mol. The maximum atomic E-state index is 14.5. The number of nitrogen functional groups attached to an aromatic ring is 1. The number of pyridine rings is 3. The van der Waals surface area contributed by atoms with E-state index in [2.05, 4.69) is 9.97 Å². The molecule has 4 N–H and O–H groups in total. The molecule has 12 heteroatoms. The van der Waals surface area contributed by atoms with E-state index in [1.54, 1.807) is 40.4 Å². The first-order chi connectivity index (χ1) is 20.1. The molecule has 0 radical (unpaired) electrons. The Morgan fingerprint density at radius 1 is 0.881 bits per heavy atom. The fourth-order valence-electron chi connectivity index (χ4n) is 5.42. The van der Waals surface area contributed by atoms with E-state index in [1.807, 2.05) is 18.2 Å². The van der Waals surface area contributed by atoms with Gasteiger partial charge >= 0.3 is 6.18 Å². The van der Waals surface area contributed by atoms with Crippen LogP contribution in [0.15, 0.2) is 77.9 Å². The van der Waals surface area contributed by atoms with Gasteiger partial charge in [0.2, 0.25) is 5.91 Å². The van der Waals surface area contributed by atoms with Crippen LogP contribution < -0.4 is 21.9 Å². The molecule has 0 bridgehead atoms. The van der Waals surface area contributed by atoms with Gasteiger partial charge in [0, 0.05) is 66.7 Å².